The molecule has 0 fully saturated rings. The molecular weight excluding hydrogens is 412 g/mol. The highest BCUT2D eigenvalue weighted by molar-refractivity contribution is 9.10. The standard InChI is InChI=1S/C20H17BrN2O2S/c21-17-10-6-9-16(13-17)20-22-18-11-4-5-12-19(18)26(24,25)23(20)14-15-7-2-1-3-8-15/h1-13,20,22H,14H2/t20-/m0/s1. The molecule has 4 nitrogen and oxygen atoms in total. The van der Waals surface area contributed by atoms with E-state index in [-0.39, 0.29) is 0 Å². The zero-order valence-electron chi connectivity index (χ0n) is 13.8. The zero-order chi connectivity index (χ0) is 18.1. The highest BCUT2D eigenvalue weighted by atomic mass is 79.9. The van der Waals surface area contributed by atoms with E-state index < -0.39 is 16.2 Å². The van der Waals surface area contributed by atoms with Crippen LogP contribution < -0.4 is 5.32 Å². The molecule has 3 aromatic carbocycles. The quantitative estimate of drug-likeness (QED) is 0.653. The minimum Gasteiger partial charge on any atom is -0.364 e. The molecule has 0 radical (unpaired) electrons. The van der Waals surface area contributed by atoms with Gasteiger partial charge in [-0.25, -0.2) is 8.42 Å². The van der Waals surface area contributed by atoms with Crippen molar-refractivity contribution in [1.82, 2.24) is 4.31 Å². The van der Waals surface area contributed by atoms with Gasteiger partial charge in [-0.05, 0) is 35.4 Å². The van der Waals surface area contributed by atoms with Crippen LogP contribution in [0.15, 0.2) is 88.2 Å². The van der Waals surface area contributed by atoms with E-state index in [9.17, 15) is 8.42 Å². The second-order valence-corrected chi connectivity index (χ2v) is 8.91. The maximum Gasteiger partial charge on any atom is 0.247 e. The van der Waals surface area contributed by atoms with Crippen molar-refractivity contribution in [2.45, 2.75) is 17.6 Å². The zero-order valence-corrected chi connectivity index (χ0v) is 16.2. The van der Waals surface area contributed by atoms with Crippen LogP contribution >= 0.6 is 15.9 Å². The van der Waals surface area contributed by atoms with Gasteiger partial charge in [-0.15, -0.1) is 0 Å². The van der Waals surface area contributed by atoms with E-state index in [0.29, 0.717) is 17.1 Å². The molecule has 0 bridgehead atoms. The highest BCUT2D eigenvalue weighted by Crippen LogP contribution is 2.39. The highest BCUT2D eigenvalue weighted by Gasteiger charge is 2.38. The molecule has 4 rings (SSSR count). The molecule has 1 aliphatic rings. The van der Waals surface area contributed by atoms with E-state index in [1.54, 1.807) is 18.2 Å². The minimum atomic E-state index is -3.64. The Morgan fingerprint density at radius 1 is 0.923 bits per heavy atom. The number of anilines is 1. The summed E-state index contributed by atoms with van der Waals surface area (Å²) >= 11 is 3.48. The Kier molecular flexibility index (Phi) is 4.56. The monoisotopic (exact) mass is 428 g/mol. The maximum atomic E-state index is 13.4. The number of nitrogens with zero attached hydrogens (tertiary/aromatic N) is 1. The van der Waals surface area contributed by atoms with Crippen LogP contribution in [0.4, 0.5) is 5.69 Å². The van der Waals surface area contributed by atoms with Crippen molar-refractivity contribution < 1.29 is 8.42 Å². The lowest BCUT2D eigenvalue weighted by atomic mass is 10.1. The normalized spacial score (nSPS) is 18.7. The van der Waals surface area contributed by atoms with Crippen molar-refractivity contribution in [1.29, 1.82) is 0 Å². The molecule has 6 heteroatoms. The lowest BCUT2D eigenvalue weighted by Crippen LogP contribution is -2.42. The van der Waals surface area contributed by atoms with Crippen LogP contribution in [0.2, 0.25) is 0 Å². The van der Waals surface area contributed by atoms with Gasteiger partial charge in [0.15, 0.2) is 0 Å². The van der Waals surface area contributed by atoms with Crippen molar-refractivity contribution >= 4 is 31.6 Å². The van der Waals surface area contributed by atoms with Crippen LogP contribution in [0.25, 0.3) is 0 Å². The lowest BCUT2D eigenvalue weighted by molar-refractivity contribution is 0.336. The molecule has 0 saturated heterocycles. The summed E-state index contributed by atoms with van der Waals surface area (Å²) in [5, 5.41) is 3.39. The third-order valence-corrected chi connectivity index (χ3v) is 6.76. The number of benzene rings is 3. The van der Waals surface area contributed by atoms with Gasteiger partial charge in [0.2, 0.25) is 10.0 Å². The molecule has 1 heterocycles. The fraction of sp³-hybridized carbons (Fsp3) is 0.100. The molecule has 0 unspecified atom stereocenters. The first-order valence-corrected chi connectivity index (χ1v) is 10.5. The van der Waals surface area contributed by atoms with Crippen molar-refractivity contribution in [3.63, 3.8) is 0 Å². The van der Waals surface area contributed by atoms with Gasteiger partial charge >= 0.3 is 0 Å². The average molecular weight is 429 g/mol. The van der Waals surface area contributed by atoms with Crippen LogP contribution in [0, 0.1) is 0 Å². The Labute approximate surface area is 161 Å². The first kappa shape index (κ1) is 17.3. The number of nitrogens with one attached hydrogen (secondary N) is 1. The number of fused-ring (bicyclic) bond motifs is 1. The first-order chi connectivity index (χ1) is 12.6. The molecular formula is C20H17BrN2O2S. The van der Waals surface area contributed by atoms with E-state index in [2.05, 4.69) is 21.2 Å². The molecule has 1 atom stereocenters. The van der Waals surface area contributed by atoms with Crippen LogP contribution in [0.3, 0.4) is 0 Å². The van der Waals surface area contributed by atoms with Crippen LogP contribution in [-0.4, -0.2) is 12.7 Å². The van der Waals surface area contributed by atoms with E-state index in [4.69, 9.17) is 0 Å². The molecule has 0 saturated carbocycles. The van der Waals surface area contributed by atoms with E-state index in [0.717, 1.165) is 15.6 Å². The van der Waals surface area contributed by atoms with Gasteiger partial charge in [-0.3, -0.25) is 0 Å². The summed E-state index contributed by atoms with van der Waals surface area (Å²) in [6.07, 6.45) is -0.479. The fourth-order valence-electron chi connectivity index (χ4n) is 3.16. The summed E-state index contributed by atoms with van der Waals surface area (Å²) in [6, 6.07) is 24.4. The summed E-state index contributed by atoms with van der Waals surface area (Å²) in [6.45, 7) is 0.293. The number of sulfonamides is 1. The molecule has 132 valence electrons. The first-order valence-electron chi connectivity index (χ1n) is 8.22. The van der Waals surface area contributed by atoms with E-state index in [1.807, 2.05) is 60.7 Å². The van der Waals surface area contributed by atoms with Gasteiger partial charge in [0.25, 0.3) is 0 Å². The van der Waals surface area contributed by atoms with Gasteiger partial charge in [-0.2, -0.15) is 4.31 Å². The number of halogens is 1. The third kappa shape index (κ3) is 3.16. The summed E-state index contributed by atoms with van der Waals surface area (Å²) in [7, 11) is -3.64. The molecule has 0 aliphatic carbocycles. The number of hydrogen-bond donors (Lipinski definition) is 1. The Bertz CT molecular complexity index is 1040. The van der Waals surface area contributed by atoms with E-state index >= 15 is 0 Å². The van der Waals surface area contributed by atoms with Crippen molar-refractivity contribution in [3.05, 3.63) is 94.5 Å². The second kappa shape index (κ2) is 6.87. The number of rotatable bonds is 3. The smallest absolute Gasteiger partial charge is 0.247 e. The van der Waals surface area contributed by atoms with Gasteiger partial charge < -0.3 is 5.32 Å². The largest absolute Gasteiger partial charge is 0.364 e. The predicted octanol–water partition coefficient (Wildman–Crippen LogP) is 4.76. The van der Waals surface area contributed by atoms with Gasteiger partial charge in [-0.1, -0.05) is 70.5 Å². The Balaban J connectivity index is 1.85. The van der Waals surface area contributed by atoms with Gasteiger partial charge in [0, 0.05) is 11.0 Å². The summed E-state index contributed by atoms with van der Waals surface area (Å²) in [4.78, 5) is 0.308. The Hall–Kier alpha value is -2.15. The summed E-state index contributed by atoms with van der Waals surface area (Å²) in [5.74, 6) is 0. The number of para-hydroxylation sites is 1. The SMILES string of the molecule is O=S1(=O)c2ccccc2N[C@H](c2cccc(Br)c2)N1Cc1ccccc1. The fourth-order valence-corrected chi connectivity index (χ4v) is 5.26. The number of hydrogen-bond acceptors (Lipinski definition) is 3. The Morgan fingerprint density at radius 2 is 1.65 bits per heavy atom. The summed E-state index contributed by atoms with van der Waals surface area (Å²) < 4.78 is 29.1. The summed E-state index contributed by atoms with van der Waals surface area (Å²) in [5.41, 5.74) is 2.45. The minimum absolute atomic E-state index is 0.293. The van der Waals surface area contributed by atoms with Crippen molar-refractivity contribution in [2.75, 3.05) is 5.32 Å². The molecule has 0 aromatic heterocycles. The predicted molar refractivity (Wildman–Crippen MR) is 106 cm³/mol. The third-order valence-electron chi connectivity index (χ3n) is 4.40. The van der Waals surface area contributed by atoms with Crippen molar-refractivity contribution in [2.24, 2.45) is 0 Å². The molecule has 0 spiro atoms. The lowest BCUT2D eigenvalue weighted by Gasteiger charge is -2.37. The van der Waals surface area contributed by atoms with E-state index in [1.165, 1.54) is 4.31 Å². The molecule has 3 aromatic rings. The van der Waals surface area contributed by atoms with Crippen LogP contribution in [-0.2, 0) is 16.6 Å². The van der Waals surface area contributed by atoms with Crippen LogP contribution in [0.1, 0.15) is 17.3 Å². The topological polar surface area (TPSA) is 49.4 Å². The van der Waals surface area contributed by atoms with Gasteiger partial charge in [0.05, 0.1) is 5.69 Å². The average Bonchev–Trinajstić information content (AvgIpc) is 2.65. The Morgan fingerprint density at radius 3 is 2.42 bits per heavy atom. The maximum absolute atomic E-state index is 13.4. The van der Waals surface area contributed by atoms with Gasteiger partial charge in [0.1, 0.15) is 11.1 Å². The van der Waals surface area contributed by atoms with Crippen LogP contribution in [0.5, 0.6) is 0 Å². The molecule has 0 amide bonds. The molecule has 1 aliphatic heterocycles. The second-order valence-electron chi connectivity index (χ2n) is 6.13. The molecule has 1 N–H and O–H groups in total. The van der Waals surface area contributed by atoms with Crippen molar-refractivity contribution in [3.8, 4) is 0 Å². The molecule has 26 heavy (non-hydrogen) atoms.